The van der Waals surface area contributed by atoms with Gasteiger partial charge in [0.1, 0.15) is 0 Å². The van der Waals surface area contributed by atoms with Gasteiger partial charge in [-0.3, -0.25) is 0 Å². The number of fused-ring (bicyclic) bond motifs is 8. The summed E-state index contributed by atoms with van der Waals surface area (Å²) in [6, 6.07) is 27.1. The van der Waals surface area contributed by atoms with E-state index in [1.54, 1.807) is 0 Å². The fourth-order valence-electron chi connectivity index (χ4n) is 4.59. The first-order valence-electron chi connectivity index (χ1n) is 9.13. The first kappa shape index (κ1) is 15.2. The van der Waals surface area contributed by atoms with Crippen LogP contribution in [0.15, 0.2) is 86.0 Å². The van der Waals surface area contributed by atoms with Gasteiger partial charge in [-0.2, -0.15) is 0 Å². The smallest absolute Gasteiger partial charge is 0.00130 e. The normalized spacial score (nSPS) is 12.6. The van der Waals surface area contributed by atoms with Crippen molar-refractivity contribution < 1.29 is 0 Å². The van der Waals surface area contributed by atoms with Crippen molar-refractivity contribution in [3.05, 3.63) is 108 Å². The van der Waals surface area contributed by atoms with Crippen LogP contribution in [0, 0.1) is 0 Å². The van der Waals surface area contributed by atoms with Crippen molar-refractivity contribution in [2.75, 3.05) is 0 Å². The Labute approximate surface area is 154 Å². The maximum Gasteiger partial charge on any atom is -0.00130 e. The van der Waals surface area contributed by atoms with Crippen molar-refractivity contribution in [2.24, 2.45) is 0 Å². The summed E-state index contributed by atoms with van der Waals surface area (Å²) in [7, 11) is 0. The van der Waals surface area contributed by atoms with Crippen LogP contribution in [0.25, 0.3) is 33.0 Å². The lowest BCUT2D eigenvalue weighted by Gasteiger charge is -2.09. The quantitative estimate of drug-likeness (QED) is 0.269. The molecule has 0 saturated carbocycles. The Hall–Kier alpha value is -3.12. The van der Waals surface area contributed by atoms with Gasteiger partial charge in [-0.15, -0.1) is 13.2 Å². The minimum Gasteiger partial charge on any atom is -0.106 e. The lowest BCUT2D eigenvalue weighted by molar-refractivity contribution is 1.24. The topological polar surface area (TPSA) is 0 Å². The molecule has 0 heteroatoms. The monoisotopic (exact) mass is 332 g/mol. The van der Waals surface area contributed by atoms with Gasteiger partial charge >= 0.3 is 0 Å². The summed E-state index contributed by atoms with van der Waals surface area (Å²) in [4.78, 5) is 0. The van der Waals surface area contributed by atoms with E-state index in [-0.39, 0.29) is 0 Å². The van der Waals surface area contributed by atoms with E-state index in [0.717, 1.165) is 12.8 Å². The first-order chi connectivity index (χ1) is 12.9. The SMILES string of the molecule is C=C.c1ccc2c(c1)Cc1cc3c(cc1-2)Cc1ccc2ccccc2c1-3. The van der Waals surface area contributed by atoms with Crippen LogP contribution in [-0.2, 0) is 12.8 Å². The van der Waals surface area contributed by atoms with Gasteiger partial charge in [0.25, 0.3) is 0 Å². The molecule has 0 spiro atoms. The average molecular weight is 332 g/mol. The lowest BCUT2D eigenvalue weighted by atomic mass is 9.95. The third-order valence-corrected chi connectivity index (χ3v) is 5.68. The van der Waals surface area contributed by atoms with Crippen LogP contribution in [0.2, 0.25) is 0 Å². The van der Waals surface area contributed by atoms with Crippen LogP contribution < -0.4 is 0 Å². The Morgan fingerprint density at radius 3 is 2.15 bits per heavy atom. The second-order valence-electron chi connectivity index (χ2n) is 7.00. The van der Waals surface area contributed by atoms with E-state index in [4.69, 9.17) is 0 Å². The van der Waals surface area contributed by atoms with Gasteiger partial charge in [-0.25, -0.2) is 0 Å². The summed E-state index contributed by atoms with van der Waals surface area (Å²) in [5, 5.41) is 2.73. The summed E-state index contributed by atoms with van der Waals surface area (Å²) >= 11 is 0. The highest BCUT2D eigenvalue weighted by molar-refractivity contribution is 6.02. The van der Waals surface area contributed by atoms with E-state index in [1.807, 2.05) is 0 Å². The highest BCUT2D eigenvalue weighted by atomic mass is 14.3. The summed E-state index contributed by atoms with van der Waals surface area (Å²) in [5.74, 6) is 0. The molecule has 6 rings (SSSR count). The second-order valence-corrected chi connectivity index (χ2v) is 7.00. The maximum absolute atomic E-state index is 3.00. The predicted octanol–water partition coefficient (Wildman–Crippen LogP) is 6.78. The standard InChI is InChI=1S/C24H16.C2H4/c1-4-8-21-15(5-1)9-10-17-12-19-13-22-18(14-23(19)24(17)21)11-16-6-2-3-7-20(16)22;1-2/h1-10,13-14H,11-12H2;1-2H2. The Balaban J connectivity index is 0.000000727. The highest BCUT2D eigenvalue weighted by Crippen LogP contribution is 2.46. The van der Waals surface area contributed by atoms with Gasteiger partial charge in [0.15, 0.2) is 0 Å². The molecule has 0 saturated heterocycles. The van der Waals surface area contributed by atoms with Gasteiger partial charge in [0.05, 0.1) is 0 Å². The second kappa shape index (κ2) is 5.71. The van der Waals surface area contributed by atoms with Gasteiger partial charge < -0.3 is 0 Å². The van der Waals surface area contributed by atoms with Crippen LogP contribution >= 0.6 is 0 Å². The van der Waals surface area contributed by atoms with Crippen molar-refractivity contribution in [1.29, 1.82) is 0 Å². The van der Waals surface area contributed by atoms with Crippen LogP contribution in [0.1, 0.15) is 22.3 Å². The summed E-state index contributed by atoms with van der Waals surface area (Å²) in [6.45, 7) is 6.00. The average Bonchev–Trinajstić information content (AvgIpc) is 3.25. The minimum atomic E-state index is 1.06. The van der Waals surface area contributed by atoms with Crippen LogP contribution in [0.5, 0.6) is 0 Å². The fourth-order valence-corrected chi connectivity index (χ4v) is 4.59. The molecule has 0 nitrogen and oxygen atoms in total. The molecule has 0 amide bonds. The molecule has 4 aromatic rings. The van der Waals surface area contributed by atoms with Crippen molar-refractivity contribution in [3.63, 3.8) is 0 Å². The zero-order chi connectivity index (χ0) is 17.7. The summed E-state index contributed by atoms with van der Waals surface area (Å²) in [6.07, 6.45) is 2.13. The molecule has 0 N–H and O–H groups in total. The van der Waals surface area contributed by atoms with Crippen LogP contribution in [0.3, 0.4) is 0 Å². The van der Waals surface area contributed by atoms with Crippen molar-refractivity contribution in [2.45, 2.75) is 12.8 Å². The molecule has 0 bridgehead atoms. The van der Waals surface area contributed by atoms with E-state index in [9.17, 15) is 0 Å². The van der Waals surface area contributed by atoms with E-state index < -0.39 is 0 Å². The summed E-state index contributed by atoms with van der Waals surface area (Å²) in [5.41, 5.74) is 11.7. The third-order valence-electron chi connectivity index (χ3n) is 5.68. The van der Waals surface area contributed by atoms with E-state index in [1.165, 1.54) is 55.3 Å². The largest absolute Gasteiger partial charge is 0.106 e. The van der Waals surface area contributed by atoms with Crippen molar-refractivity contribution >= 4 is 10.8 Å². The highest BCUT2D eigenvalue weighted by Gasteiger charge is 2.26. The van der Waals surface area contributed by atoms with Crippen molar-refractivity contribution in [1.82, 2.24) is 0 Å². The van der Waals surface area contributed by atoms with Crippen LogP contribution in [0.4, 0.5) is 0 Å². The molecule has 4 aromatic carbocycles. The zero-order valence-electron chi connectivity index (χ0n) is 14.8. The Kier molecular flexibility index (Phi) is 3.33. The summed E-state index contributed by atoms with van der Waals surface area (Å²) < 4.78 is 0. The van der Waals surface area contributed by atoms with E-state index >= 15 is 0 Å². The molecule has 2 aliphatic rings. The fraction of sp³-hybridized carbons (Fsp3) is 0.0769. The molecule has 0 unspecified atom stereocenters. The van der Waals surface area contributed by atoms with E-state index in [2.05, 4.69) is 86.0 Å². The molecule has 2 aliphatic carbocycles. The van der Waals surface area contributed by atoms with Crippen molar-refractivity contribution in [3.8, 4) is 22.3 Å². The van der Waals surface area contributed by atoms with Crippen LogP contribution in [-0.4, -0.2) is 0 Å². The molecule has 0 radical (unpaired) electrons. The maximum atomic E-state index is 3.00. The van der Waals surface area contributed by atoms with Gasteiger partial charge in [-0.1, -0.05) is 60.7 Å². The number of benzene rings is 4. The lowest BCUT2D eigenvalue weighted by Crippen LogP contribution is -1.86. The molecule has 0 aliphatic heterocycles. The Bertz CT molecular complexity index is 1160. The first-order valence-corrected chi connectivity index (χ1v) is 9.13. The Morgan fingerprint density at radius 2 is 1.23 bits per heavy atom. The molecule has 26 heavy (non-hydrogen) atoms. The number of hydrogen-bond acceptors (Lipinski definition) is 0. The third kappa shape index (κ3) is 2.02. The molecule has 0 fully saturated rings. The number of rotatable bonds is 0. The van der Waals surface area contributed by atoms with Gasteiger partial charge in [-0.05, 0) is 80.3 Å². The number of hydrogen-bond donors (Lipinski definition) is 0. The minimum absolute atomic E-state index is 1.06. The molecular weight excluding hydrogens is 312 g/mol. The molecule has 0 aromatic heterocycles. The van der Waals surface area contributed by atoms with Gasteiger partial charge in [0.2, 0.25) is 0 Å². The predicted molar refractivity (Wildman–Crippen MR) is 112 cm³/mol. The zero-order valence-corrected chi connectivity index (χ0v) is 14.8. The molecule has 124 valence electrons. The molecule has 0 atom stereocenters. The van der Waals surface area contributed by atoms with Gasteiger partial charge in [0, 0.05) is 0 Å². The Morgan fingerprint density at radius 1 is 0.538 bits per heavy atom. The molecular formula is C26H20. The van der Waals surface area contributed by atoms with E-state index in [0.29, 0.717) is 0 Å². The molecule has 0 heterocycles.